The van der Waals surface area contributed by atoms with E-state index in [1.807, 2.05) is 0 Å². The highest BCUT2D eigenvalue weighted by atomic mass is 14.2. The lowest BCUT2D eigenvalue weighted by Gasteiger charge is -2.19. The summed E-state index contributed by atoms with van der Waals surface area (Å²) in [5.74, 6) is 1.13. The molecule has 0 aromatic heterocycles. The van der Waals surface area contributed by atoms with Gasteiger partial charge < -0.3 is 0 Å². The minimum atomic E-state index is 0.564. The average Bonchev–Trinajstić information content (AvgIpc) is 2.63. The Morgan fingerprint density at radius 3 is 1.39 bits per heavy atom. The summed E-state index contributed by atoms with van der Waals surface area (Å²) in [6.45, 7) is 8.09. The quantitative estimate of drug-likeness (QED) is 0.455. The van der Waals surface area contributed by atoms with Crippen molar-refractivity contribution in [1.29, 1.82) is 0 Å². The van der Waals surface area contributed by atoms with Crippen LogP contribution in [0.3, 0.4) is 0 Å². The van der Waals surface area contributed by atoms with Crippen LogP contribution in [0.15, 0.2) is 86.0 Å². The van der Waals surface area contributed by atoms with Gasteiger partial charge >= 0.3 is 0 Å². The topological polar surface area (TPSA) is 0 Å². The molecular weight excluding hydrogens is 276 g/mol. The Morgan fingerprint density at radius 1 is 0.652 bits per heavy atom. The molecule has 0 radical (unpaired) electrons. The molecule has 0 aliphatic carbocycles. The second kappa shape index (κ2) is 9.84. The predicted octanol–water partition coefficient (Wildman–Crippen LogP) is 6.25. The van der Waals surface area contributed by atoms with E-state index in [9.17, 15) is 0 Å². The molecule has 0 heterocycles. The second-order valence-electron chi connectivity index (χ2n) is 6.28. The van der Waals surface area contributed by atoms with E-state index in [4.69, 9.17) is 0 Å². The van der Waals surface area contributed by atoms with Gasteiger partial charge in [0.2, 0.25) is 0 Å². The first-order valence-electron chi connectivity index (χ1n) is 8.64. The minimum absolute atomic E-state index is 0.564. The van der Waals surface area contributed by atoms with Gasteiger partial charge in [-0.3, -0.25) is 0 Å². The van der Waals surface area contributed by atoms with Crippen LogP contribution in [0.1, 0.15) is 30.4 Å². The SMILES string of the molecule is C=CC(CCc1ccccc1)CC(C=C)CCc1ccccc1. The summed E-state index contributed by atoms with van der Waals surface area (Å²) in [7, 11) is 0. The first-order valence-corrected chi connectivity index (χ1v) is 8.64. The smallest absolute Gasteiger partial charge is 0.0227 e. The van der Waals surface area contributed by atoms with Crippen molar-refractivity contribution in [3.8, 4) is 0 Å². The second-order valence-corrected chi connectivity index (χ2v) is 6.28. The van der Waals surface area contributed by atoms with Crippen molar-refractivity contribution >= 4 is 0 Å². The maximum atomic E-state index is 4.04. The highest BCUT2D eigenvalue weighted by molar-refractivity contribution is 5.16. The monoisotopic (exact) mass is 304 g/mol. The molecule has 2 rings (SSSR count). The average molecular weight is 304 g/mol. The van der Waals surface area contributed by atoms with E-state index in [1.54, 1.807) is 0 Å². The van der Waals surface area contributed by atoms with Crippen molar-refractivity contribution in [2.24, 2.45) is 11.8 Å². The Morgan fingerprint density at radius 2 is 1.04 bits per heavy atom. The first-order chi connectivity index (χ1) is 11.3. The minimum Gasteiger partial charge on any atom is -0.103 e. The largest absolute Gasteiger partial charge is 0.103 e. The molecule has 2 aromatic rings. The molecule has 0 aliphatic rings. The maximum Gasteiger partial charge on any atom is -0.0227 e. The third kappa shape index (κ3) is 6.28. The standard InChI is InChI=1S/C23H28/c1-3-20(15-17-22-11-7-5-8-12-22)19-21(4-2)16-18-23-13-9-6-10-14-23/h3-14,20-21H,1-2,15-19H2. The van der Waals surface area contributed by atoms with Crippen LogP contribution in [0.4, 0.5) is 0 Å². The normalized spacial score (nSPS) is 13.2. The Kier molecular flexibility index (Phi) is 7.39. The molecular formula is C23H28. The van der Waals surface area contributed by atoms with Crippen LogP contribution < -0.4 is 0 Å². The molecule has 0 heteroatoms. The lowest BCUT2D eigenvalue weighted by molar-refractivity contribution is 0.439. The van der Waals surface area contributed by atoms with Gasteiger partial charge in [-0.2, -0.15) is 0 Å². The molecule has 0 aliphatic heterocycles. The van der Waals surface area contributed by atoms with Crippen LogP contribution >= 0.6 is 0 Å². The van der Waals surface area contributed by atoms with E-state index in [2.05, 4.69) is 86.0 Å². The van der Waals surface area contributed by atoms with Crippen molar-refractivity contribution in [3.63, 3.8) is 0 Å². The van der Waals surface area contributed by atoms with Crippen LogP contribution in [0, 0.1) is 11.8 Å². The van der Waals surface area contributed by atoms with Gasteiger partial charge in [0.1, 0.15) is 0 Å². The number of aryl methyl sites for hydroxylation is 2. The Hall–Kier alpha value is -2.08. The summed E-state index contributed by atoms with van der Waals surface area (Å²) in [4.78, 5) is 0. The van der Waals surface area contributed by atoms with Crippen LogP contribution in [-0.4, -0.2) is 0 Å². The molecule has 0 nitrogen and oxygen atoms in total. The fraction of sp³-hybridized carbons (Fsp3) is 0.304. The van der Waals surface area contributed by atoms with E-state index in [1.165, 1.54) is 24.0 Å². The van der Waals surface area contributed by atoms with Crippen LogP contribution in [-0.2, 0) is 12.8 Å². The summed E-state index contributed by atoms with van der Waals surface area (Å²) in [6.07, 6.45) is 10.0. The zero-order valence-corrected chi connectivity index (χ0v) is 14.0. The number of allylic oxidation sites excluding steroid dienone is 2. The molecule has 120 valence electrons. The van der Waals surface area contributed by atoms with Crippen LogP contribution in [0.25, 0.3) is 0 Å². The Bertz CT molecular complexity index is 514. The molecule has 2 unspecified atom stereocenters. The molecule has 0 N–H and O–H groups in total. The zero-order chi connectivity index (χ0) is 16.3. The third-order valence-corrected chi connectivity index (χ3v) is 4.57. The van der Waals surface area contributed by atoms with Crippen molar-refractivity contribution in [3.05, 3.63) is 97.1 Å². The van der Waals surface area contributed by atoms with Gasteiger partial charge in [0.05, 0.1) is 0 Å². The maximum absolute atomic E-state index is 4.04. The van der Waals surface area contributed by atoms with Gasteiger partial charge in [-0.1, -0.05) is 72.8 Å². The van der Waals surface area contributed by atoms with Crippen LogP contribution in [0.5, 0.6) is 0 Å². The summed E-state index contributed by atoms with van der Waals surface area (Å²) in [5, 5.41) is 0. The third-order valence-electron chi connectivity index (χ3n) is 4.57. The van der Waals surface area contributed by atoms with Gasteiger partial charge in [-0.05, 0) is 55.1 Å². The Balaban J connectivity index is 1.80. The molecule has 0 amide bonds. The van der Waals surface area contributed by atoms with E-state index in [0.29, 0.717) is 11.8 Å². The molecule has 0 bridgehead atoms. The van der Waals surface area contributed by atoms with E-state index in [0.717, 1.165) is 19.3 Å². The molecule has 23 heavy (non-hydrogen) atoms. The fourth-order valence-electron chi connectivity index (χ4n) is 3.05. The van der Waals surface area contributed by atoms with Gasteiger partial charge in [-0.25, -0.2) is 0 Å². The number of hydrogen-bond acceptors (Lipinski definition) is 0. The summed E-state index contributed by atoms with van der Waals surface area (Å²) in [6, 6.07) is 21.4. The van der Waals surface area contributed by atoms with Crippen molar-refractivity contribution in [2.75, 3.05) is 0 Å². The molecule has 2 aromatic carbocycles. The molecule has 0 spiro atoms. The first kappa shape index (κ1) is 17.3. The van der Waals surface area contributed by atoms with Gasteiger partial charge in [-0.15, -0.1) is 13.2 Å². The van der Waals surface area contributed by atoms with Crippen molar-refractivity contribution in [1.82, 2.24) is 0 Å². The zero-order valence-electron chi connectivity index (χ0n) is 14.0. The Labute approximate surface area is 141 Å². The highest BCUT2D eigenvalue weighted by Crippen LogP contribution is 2.23. The summed E-state index contributed by atoms with van der Waals surface area (Å²) in [5.41, 5.74) is 2.83. The predicted molar refractivity (Wildman–Crippen MR) is 102 cm³/mol. The lowest BCUT2D eigenvalue weighted by Crippen LogP contribution is -2.07. The summed E-state index contributed by atoms with van der Waals surface area (Å²) < 4.78 is 0. The molecule has 0 saturated carbocycles. The van der Waals surface area contributed by atoms with Crippen molar-refractivity contribution in [2.45, 2.75) is 32.1 Å². The number of rotatable bonds is 10. The highest BCUT2D eigenvalue weighted by Gasteiger charge is 2.12. The fourth-order valence-corrected chi connectivity index (χ4v) is 3.05. The van der Waals surface area contributed by atoms with Crippen molar-refractivity contribution < 1.29 is 0 Å². The van der Waals surface area contributed by atoms with Gasteiger partial charge in [0.15, 0.2) is 0 Å². The lowest BCUT2D eigenvalue weighted by atomic mass is 9.86. The van der Waals surface area contributed by atoms with E-state index >= 15 is 0 Å². The molecule has 2 atom stereocenters. The van der Waals surface area contributed by atoms with Gasteiger partial charge in [0, 0.05) is 0 Å². The number of benzene rings is 2. The van der Waals surface area contributed by atoms with Crippen LogP contribution in [0.2, 0.25) is 0 Å². The summed E-state index contributed by atoms with van der Waals surface area (Å²) >= 11 is 0. The van der Waals surface area contributed by atoms with E-state index < -0.39 is 0 Å². The number of hydrogen-bond donors (Lipinski definition) is 0. The molecule has 0 fully saturated rings. The van der Waals surface area contributed by atoms with E-state index in [-0.39, 0.29) is 0 Å². The molecule has 0 saturated heterocycles. The van der Waals surface area contributed by atoms with Gasteiger partial charge in [0.25, 0.3) is 0 Å².